The van der Waals surface area contributed by atoms with Crippen molar-refractivity contribution in [3.8, 4) is 0 Å². The molecule has 2 aliphatic carbocycles. The summed E-state index contributed by atoms with van der Waals surface area (Å²) >= 11 is 24.0. The lowest BCUT2D eigenvalue weighted by atomic mass is 10.0. The number of nitrogens with two attached hydrogens (primary N) is 1. The van der Waals surface area contributed by atoms with Gasteiger partial charge in [-0.15, -0.1) is 0 Å². The molecule has 16 nitrogen and oxygen atoms in total. The third kappa shape index (κ3) is 9.31. The van der Waals surface area contributed by atoms with Crippen LogP contribution in [0.3, 0.4) is 0 Å². The van der Waals surface area contributed by atoms with Gasteiger partial charge >= 0.3 is 17.6 Å². The van der Waals surface area contributed by atoms with Crippen LogP contribution >= 0.6 is 46.4 Å². The van der Waals surface area contributed by atoms with Crippen LogP contribution in [0.2, 0.25) is 20.1 Å². The number of anilines is 3. The molecule has 2 saturated carbocycles. The largest absolute Gasteiger partial charge is 0.481 e. The summed E-state index contributed by atoms with van der Waals surface area (Å²) < 4.78 is 0. The van der Waals surface area contributed by atoms with Gasteiger partial charge < -0.3 is 35.5 Å². The summed E-state index contributed by atoms with van der Waals surface area (Å²) in [6, 6.07) is 16.7. The van der Waals surface area contributed by atoms with Crippen molar-refractivity contribution in [3.05, 3.63) is 114 Å². The molecule has 5 unspecified atom stereocenters. The number of piperazine rings is 2. The Morgan fingerprint density at radius 3 is 1.45 bits per heavy atom. The van der Waals surface area contributed by atoms with Crippen LogP contribution in [0, 0.1) is 33.8 Å². The van der Waals surface area contributed by atoms with Gasteiger partial charge in [-0.3, -0.25) is 29.3 Å². The highest BCUT2D eigenvalue weighted by molar-refractivity contribution is 6.31. The summed E-state index contributed by atoms with van der Waals surface area (Å²) in [5.41, 5.74) is 8.18. The van der Waals surface area contributed by atoms with Crippen molar-refractivity contribution in [2.75, 3.05) is 54.8 Å². The predicted molar refractivity (Wildman–Crippen MR) is 224 cm³/mol. The molecular formula is C40H38Cl4N8O8. The van der Waals surface area contributed by atoms with Crippen LogP contribution < -0.4 is 15.5 Å². The average Bonchev–Trinajstić information content (AvgIpc) is 4.16. The molecular weight excluding hydrogens is 862 g/mol. The number of pyridine rings is 2. The quantitative estimate of drug-likeness (QED) is 0.121. The molecule has 0 bridgehead atoms. The number of carbonyl (C=O) groups is 4. The molecule has 2 aliphatic heterocycles. The number of halogens is 4. The third-order valence-corrected chi connectivity index (χ3v) is 12.1. The fraction of sp³-hybridized carbons (Fsp3) is 0.350. The first kappa shape index (κ1) is 42.7. The second-order valence-corrected chi connectivity index (χ2v) is 16.7. The van der Waals surface area contributed by atoms with Gasteiger partial charge in [0.2, 0.25) is 17.6 Å². The van der Waals surface area contributed by atoms with Gasteiger partial charge in [0.15, 0.2) is 5.82 Å². The molecule has 2 saturated heterocycles. The van der Waals surface area contributed by atoms with Crippen molar-refractivity contribution >= 4 is 93.2 Å². The molecule has 0 radical (unpaired) electrons. The van der Waals surface area contributed by atoms with Crippen LogP contribution in [-0.2, 0) is 19.2 Å². The highest BCUT2D eigenvalue weighted by Crippen LogP contribution is 2.44. The van der Waals surface area contributed by atoms with Crippen molar-refractivity contribution in [2.24, 2.45) is 23.7 Å². The lowest BCUT2D eigenvalue weighted by Gasteiger charge is -2.43. The van der Waals surface area contributed by atoms with Crippen LogP contribution in [-0.4, -0.2) is 97.9 Å². The molecule has 20 heteroatoms. The fourth-order valence-corrected chi connectivity index (χ4v) is 8.40. The van der Waals surface area contributed by atoms with E-state index >= 15 is 0 Å². The Kier molecular flexibility index (Phi) is 12.6. The molecule has 0 spiro atoms. The molecule has 4 heterocycles. The molecule has 4 aromatic rings. The Bertz CT molecular complexity index is 2320. The first-order chi connectivity index (χ1) is 28.6. The second-order valence-electron chi connectivity index (χ2n) is 15.0. The van der Waals surface area contributed by atoms with E-state index in [-0.39, 0.29) is 40.9 Å². The van der Waals surface area contributed by atoms with E-state index in [0.29, 0.717) is 72.1 Å². The van der Waals surface area contributed by atoms with Crippen LogP contribution in [0.4, 0.5) is 23.0 Å². The minimum absolute atomic E-state index is 0.104. The van der Waals surface area contributed by atoms with Crippen molar-refractivity contribution in [2.45, 2.75) is 24.9 Å². The number of aromatic nitrogens is 2. The van der Waals surface area contributed by atoms with E-state index in [1.54, 1.807) is 63.4 Å². The van der Waals surface area contributed by atoms with Crippen LogP contribution in [0.5, 0.6) is 0 Å². The van der Waals surface area contributed by atoms with E-state index in [1.165, 1.54) is 12.3 Å². The van der Waals surface area contributed by atoms with Gasteiger partial charge in [0.1, 0.15) is 0 Å². The zero-order valence-corrected chi connectivity index (χ0v) is 34.6. The van der Waals surface area contributed by atoms with Crippen LogP contribution in [0.25, 0.3) is 0 Å². The minimum Gasteiger partial charge on any atom is -0.481 e. The van der Waals surface area contributed by atoms with Gasteiger partial charge in [-0.2, -0.15) is 0 Å². The van der Waals surface area contributed by atoms with Gasteiger partial charge in [0, 0.05) is 67.8 Å². The Labute approximate surface area is 363 Å². The number of hydrogen-bond donors (Lipinski definition) is 3. The maximum atomic E-state index is 12.9. The Hall–Kier alpha value is -5.42. The Morgan fingerprint density at radius 1 is 0.633 bits per heavy atom. The summed E-state index contributed by atoms with van der Waals surface area (Å²) in [4.78, 5) is 74.9. The number of benzene rings is 2. The highest BCUT2D eigenvalue weighted by Gasteiger charge is 2.52. The van der Waals surface area contributed by atoms with E-state index in [0.717, 1.165) is 11.1 Å². The average molecular weight is 901 g/mol. The standard InChI is InChI=1S/C20H18Cl2N4O5.C20H20Cl2N4O3/c21-12-3-1-11(2-4-12)17-10-24(19(27)14-8-15(14)20(28)29)5-6-25(17)18-16(26(30)31)7-13(22)9-23-18;21-12-3-1-11(2-4-12)17-10-25(19(27)14-8-15(14)20(28)29)5-6-26(17)18-16(23)7-13(22)9-24-18/h1-4,7,9,14-15,17H,5-6,8,10H2,(H,28,29);1-4,7,9,14-15,17H,5-6,8,10,23H2,(H,28,29)/t;14-,15?,17?/m.0/s1. The number of nitro groups is 1. The van der Waals surface area contributed by atoms with Gasteiger partial charge in [0.25, 0.3) is 0 Å². The molecule has 4 N–H and O–H groups in total. The normalized spacial score (nSPS) is 23.3. The van der Waals surface area contributed by atoms with E-state index in [2.05, 4.69) is 14.9 Å². The van der Waals surface area contributed by atoms with E-state index in [9.17, 15) is 29.3 Å². The maximum Gasteiger partial charge on any atom is 0.313 e. The number of rotatable bonds is 9. The van der Waals surface area contributed by atoms with Gasteiger partial charge in [-0.05, 0) is 54.3 Å². The van der Waals surface area contributed by atoms with Gasteiger partial charge in [-0.25, -0.2) is 9.97 Å². The second kappa shape index (κ2) is 17.7. The zero-order chi connectivity index (χ0) is 43.0. The molecule has 4 fully saturated rings. The van der Waals surface area contributed by atoms with Crippen molar-refractivity contribution in [1.29, 1.82) is 0 Å². The van der Waals surface area contributed by atoms with E-state index < -0.39 is 46.6 Å². The number of nitrogens with zero attached hydrogens (tertiary/aromatic N) is 7. The van der Waals surface area contributed by atoms with Crippen molar-refractivity contribution < 1.29 is 34.3 Å². The first-order valence-electron chi connectivity index (χ1n) is 18.9. The predicted octanol–water partition coefficient (Wildman–Crippen LogP) is 6.49. The molecule has 314 valence electrons. The minimum atomic E-state index is -0.966. The molecule has 8 rings (SSSR count). The number of carboxylic acid groups (broad SMARTS) is 2. The number of hydrogen-bond acceptors (Lipinski definition) is 11. The topological polar surface area (TPSA) is 217 Å². The molecule has 6 atom stereocenters. The smallest absolute Gasteiger partial charge is 0.313 e. The maximum absolute atomic E-state index is 12.9. The van der Waals surface area contributed by atoms with Crippen molar-refractivity contribution in [3.63, 3.8) is 0 Å². The first-order valence-corrected chi connectivity index (χ1v) is 20.4. The third-order valence-electron chi connectivity index (χ3n) is 11.2. The lowest BCUT2D eigenvalue weighted by Crippen LogP contribution is -2.51. The molecule has 60 heavy (non-hydrogen) atoms. The fourth-order valence-electron chi connectivity index (χ4n) is 7.83. The summed E-state index contributed by atoms with van der Waals surface area (Å²) in [5, 5.41) is 31.7. The number of amides is 2. The van der Waals surface area contributed by atoms with Gasteiger partial charge in [0.05, 0.1) is 56.4 Å². The summed E-state index contributed by atoms with van der Waals surface area (Å²) in [6.45, 7) is 2.22. The molecule has 2 aromatic heterocycles. The lowest BCUT2D eigenvalue weighted by molar-refractivity contribution is -0.384. The number of carboxylic acids is 2. The van der Waals surface area contributed by atoms with Crippen LogP contribution in [0.1, 0.15) is 36.1 Å². The number of aliphatic carboxylic acids is 2. The van der Waals surface area contributed by atoms with Gasteiger partial charge in [-0.1, -0.05) is 70.7 Å². The summed E-state index contributed by atoms with van der Waals surface area (Å²) in [7, 11) is 0. The van der Waals surface area contributed by atoms with Crippen LogP contribution in [0.15, 0.2) is 73.1 Å². The zero-order valence-electron chi connectivity index (χ0n) is 31.6. The molecule has 2 amide bonds. The van der Waals surface area contributed by atoms with Crippen molar-refractivity contribution in [1.82, 2.24) is 19.8 Å². The number of carbonyl (C=O) groups excluding carboxylic acids is 2. The Morgan fingerprint density at radius 2 is 1.05 bits per heavy atom. The molecule has 2 aromatic carbocycles. The number of nitrogen functional groups attached to an aromatic ring is 1. The summed E-state index contributed by atoms with van der Waals surface area (Å²) in [5.74, 6) is -3.56. The SMILES string of the molecule is Nc1cc(Cl)cnc1N1CCN(C(=O)[C@H]2CC2C(=O)O)CC1c1ccc(Cl)cc1.O=C(O)C1CC1C(=O)N1CCN(c2ncc(Cl)cc2[N+](=O)[O-])C(c2ccc(Cl)cc2)C1. The summed E-state index contributed by atoms with van der Waals surface area (Å²) in [6.07, 6.45) is 3.64. The Balaban J connectivity index is 0.000000182. The highest BCUT2D eigenvalue weighted by atomic mass is 35.5. The van der Waals surface area contributed by atoms with E-state index in [4.69, 9.17) is 62.4 Å². The monoisotopic (exact) mass is 898 g/mol. The van der Waals surface area contributed by atoms with E-state index in [1.807, 2.05) is 12.1 Å². The molecule has 4 aliphatic rings.